The van der Waals surface area contributed by atoms with Crippen molar-refractivity contribution in [3.05, 3.63) is 46.7 Å². The summed E-state index contributed by atoms with van der Waals surface area (Å²) >= 11 is 1.86. The molecular formula is C17H25N3OS+2. The van der Waals surface area contributed by atoms with Gasteiger partial charge in [0.05, 0.1) is 43.9 Å². The predicted octanol–water partition coefficient (Wildman–Crippen LogP) is 0.445. The van der Waals surface area contributed by atoms with Crippen LogP contribution in [0.5, 0.6) is 5.75 Å². The molecule has 0 aliphatic carbocycles. The first-order valence-electron chi connectivity index (χ1n) is 7.88. The lowest BCUT2D eigenvalue weighted by Crippen LogP contribution is -3.16. The number of anilines is 1. The number of hydrogen-bond donors (Lipinski definition) is 2. The van der Waals surface area contributed by atoms with Crippen molar-refractivity contribution in [1.29, 1.82) is 0 Å². The van der Waals surface area contributed by atoms with Gasteiger partial charge in [0, 0.05) is 0 Å². The second kappa shape index (κ2) is 7.13. The third kappa shape index (κ3) is 3.11. The second-order valence-electron chi connectivity index (χ2n) is 5.67. The minimum atomic E-state index is 0.541. The summed E-state index contributed by atoms with van der Waals surface area (Å²) in [6.45, 7) is 5.39. The van der Waals surface area contributed by atoms with Crippen molar-refractivity contribution in [3.8, 4) is 5.75 Å². The van der Waals surface area contributed by atoms with Crippen molar-refractivity contribution in [1.82, 2.24) is 0 Å². The standard InChI is InChI=1S/C17H23N3OS/c1-21-16-6-3-2-5-14(16)19-8-10-20(11-9-19)15(13-18)17-7-4-12-22-17/h2-7,12,15H,8-11,13,18H2,1H3/p+2/t15-/m0/s1. The molecule has 1 aliphatic heterocycles. The summed E-state index contributed by atoms with van der Waals surface area (Å²) < 4.78 is 5.50. The van der Waals surface area contributed by atoms with Gasteiger partial charge in [0.2, 0.25) is 0 Å². The van der Waals surface area contributed by atoms with Gasteiger partial charge < -0.3 is 20.3 Å². The Kier molecular flexibility index (Phi) is 4.97. The Hall–Kier alpha value is -1.56. The SMILES string of the molecule is COc1ccccc1N1CC[NH+]([C@@H](C[NH3+])c2cccs2)CC1. The molecule has 0 spiro atoms. The van der Waals surface area contributed by atoms with E-state index in [9.17, 15) is 0 Å². The zero-order chi connectivity index (χ0) is 15.4. The number of quaternary nitrogens is 2. The number of piperazine rings is 1. The number of nitrogens with zero attached hydrogens (tertiary/aromatic N) is 1. The summed E-state index contributed by atoms with van der Waals surface area (Å²) in [4.78, 5) is 5.57. The van der Waals surface area contributed by atoms with Gasteiger partial charge in [0.1, 0.15) is 12.3 Å². The maximum absolute atomic E-state index is 5.50. The molecular weight excluding hydrogens is 294 g/mol. The molecule has 4 nitrogen and oxygen atoms in total. The smallest absolute Gasteiger partial charge is 0.172 e. The highest BCUT2D eigenvalue weighted by atomic mass is 32.1. The van der Waals surface area contributed by atoms with E-state index in [1.165, 1.54) is 10.6 Å². The lowest BCUT2D eigenvalue weighted by Gasteiger charge is -2.36. The summed E-state index contributed by atoms with van der Waals surface area (Å²) in [5, 5.41) is 2.17. The van der Waals surface area contributed by atoms with E-state index in [1.54, 1.807) is 12.0 Å². The van der Waals surface area contributed by atoms with E-state index in [4.69, 9.17) is 4.74 Å². The van der Waals surface area contributed by atoms with Crippen molar-refractivity contribution in [2.24, 2.45) is 0 Å². The van der Waals surface area contributed by atoms with Crippen LogP contribution in [0.2, 0.25) is 0 Å². The molecule has 2 aromatic rings. The quantitative estimate of drug-likeness (QED) is 0.840. The Labute approximate surface area is 136 Å². The summed E-state index contributed by atoms with van der Waals surface area (Å²) in [5.41, 5.74) is 5.39. The summed E-state index contributed by atoms with van der Waals surface area (Å²) in [7, 11) is 1.75. The number of rotatable bonds is 5. The minimum Gasteiger partial charge on any atom is -0.495 e. The van der Waals surface area contributed by atoms with E-state index in [0.29, 0.717) is 6.04 Å². The third-order valence-corrected chi connectivity index (χ3v) is 5.49. The van der Waals surface area contributed by atoms with Crippen LogP contribution >= 0.6 is 11.3 Å². The van der Waals surface area contributed by atoms with Gasteiger partial charge in [-0.3, -0.25) is 0 Å². The molecule has 0 unspecified atom stereocenters. The largest absolute Gasteiger partial charge is 0.495 e. The molecule has 1 aliphatic rings. The fourth-order valence-electron chi connectivity index (χ4n) is 3.31. The highest BCUT2D eigenvalue weighted by Gasteiger charge is 2.30. The van der Waals surface area contributed by atoms with Crippen LogP contribution in [0, 0.1) is 0 Å². The molecule has 0 saturated carbocycles. The normalized spacial score (nSPS) is 17.5. The number of methoxy groups -OCH3 is 1. The van der Waals surface area contributed by atoms with Gasteiger partial charge >= 0.3 is 0 Å². The maximum atomic E-state index is 5.50. The van der Waals surface area contributed by atoms with Crippen molar-refractivity contribution in [2.45, 2.75) is 6.04 Å². The van der Waals surface area contributed by atoms with Gasteiger partial charge in [-0.2, -0.15) is 0 Å². The van der Waals surface area contributed by atoms with E-state index in [1.807, 2.05) is 23.5 Å². The Bertz CT molecular complexity index is 579. The molecule has 0 amide bonds. The molecule has 22 heavy (non-hydrogen) atoms. The molecule has 1 atom stereocenters. The molecule has 0 bridgehead atoms. The zero-order valence-corrected chi connectivity index (χ0v) is 13.9. The average molecular weight is 319 g/mol. The zero-order valence-electron chi connectivity index (χ0n) is 13.1. The Morgan fingerprint density at radius 2 is 2.00 bits per heavy atom. The Balaban J connectivity index is 1.67. The monoisotopic (exact) mass is 319 g/mol. The van der Waals surface area contributed by atoms with E-state index in [-0.39, 0.29) is 0 Å². The highest BCUT2D eigenvalue weighted by molar-refractivity contribution is 7.10. The van der Waals surface area contributed by atoms with E-state index < -0.39 is 0 Å². The van der Waals surface area contributed by atoms with Gasteiger partial charge in [0.15, 0.2) is 6.04 Å². The van der Waals surface area contributed by atoms with Crippen molar-refractivity contribution in [3.63, 3.8) is 0 Å². The lowest BCUT2D eigenvalue weighted by molar-refractivity contribution is -0.937. The van der Waals surface area contributed by atoms with Crippen LogP contribution in [0.25, 0.3) is 0 Å². The van der Waals surface area contributed by atoms with Crippen LogP contribution in [0.4, 0.5) is 5.69 Å². The lowest BCUT2D eigenvalue weighted by atomic mass is 10.1. The van der Waals surface area contributed by atoms with Crippen LogP contribution in [-0.4, -0.2) is 39.8 Å². The molecule has 1 aromatic heterocycles. The number of nitrogens with one attached hydrogen (secondary N) is 1. The van der Waals surface area contributed by atoms with Gasteiger partial charge in [-0.15, -0.1) is 11.3 Å². The molecule has 5 heteroatoms. The number of thiophene rings is 1. The van der Waals surface area contributed by atoms with Gasteiger partial charge in [0.25, 0.3) is 0 Å². The van der Waals surface area contributed by atoms with E-state index in [0.717, 1.165) is 38.5 Å². The van der Waals surface area contributed by atoms with Crippen molar-refractivity contribution >= 4 is 17.0 Å². The Morgan fingerprint density at radius 3 is 2.64 bits per heavy atom. The first-order valence-corrected chi connectivity index (χ1v) is 8.76. The summed E-state index contributed by atoms with van der Waals surface area (Å²) in [6, 6.07) is 13.2. The van der Waals surface area contributed by atoms with E-state index >= 15 is 0 Å². The molecule has 2 heterocycles. The molecule has 1 saturated heterocycles. The molecule has 118 valence electrons. The number of benzene rings is 1. The summed E-state index contributed by atoms with van der Waals surface area (Å²) in [5.74, 6) is 0.970. The van der Waals surface area contributed by atoms with Crippen molar-refractivity contribution < 1.29 is 15.4 Å². The molecule has 3 rings (SSSR count). The highest BCUT2D eigenvalue weighted by Crippen LogP contribution is 2.27. The summed E-state index contributed by atoms with van der Waals surface area (Å²) in [6.07, 6.45) is 0. The average Bonchev–Trinajstić information content (AvgIpc) is 3.10. The third-order valence-electron chi connectivity index (χ3n) is 4.50. The maximum Gasteiger partial charge on any atom is 0.172 e. The van der Waals surface area contributed by atoms with Crippen LogP contribution in [-0.2, 0) is 0 Å². The van der Waals surface area contributed by atoms with Crippen molar-refractivity contribution in [2.75, 3.05) is 44.7 Å². The van der Waals surface area contributed by atoms with Crippen LogP contribution in [0.1, 0.15) is 10.9 Å². The van der Waals surface area contributed by atoms with Gasteiger partial charge in [-0.1, -0.05) is 18.2 Å². The topological polar surface area (TPSA) is 44.5 Å². The minimum absolute atomic E-state index is 0.541. The molecule has 4 N–H and O–H groups in total. The van der Waals surface area contributed by atoms with Gasteiger partial charge in [-0.25, -0.2) is 0 Å². The first kappa shape index (κ1) is 15.3. The predicted molar refractivity (Wildman–Crippen MR) is 90.7 cm³/mol. The Morgan fingerprint density at radius 1 is 1.23 bits per heavy atom. The van der Waals surface area contributed by atoms with E-state index in [2.05, 4.69) is 40.3 Å². The fraction of sp³-hybridized carbons (Fsp3) is 0.412. The van der Waals surface area contributed by atoms with Crippen LogP contribution < -0.4 is 20.3 Å². The van der Waals surface area contributed by atoms with Crippen LogP contribution in [0.15, 0.2) is 41.8 Å². The molecule has 1 aromatic carbocycles. The second-order valence-corrected chi connectivity index (χ2v) is 6.65. The first-order chi connectivity index (χ1) is 10.8. The molecule has 0 radical (unpaired) electrons. The number of para-hydroxylation sites is 2. The number of hydrogen-bond acceptors (Lipinski definition) is 3. The number of ether oxygens (including phenoxy) is 1. The fourth-order valence-corrected chi connectivity index (χ4v) is 4.23. The van der Waals surface area contributed by atoms with Crippen LogP contribution in [0.3, 0.4) is 0 Å². The molecule has 1 fully saturated rings. The van der Waals surface area contributed by atoms with Gasteiger partial charge in [-0.05, 0) is 23.6 Å².